The number of amides is 1. The topological polar surface area (TPSA) is 46.6 Å². The number of piperidine rings is 1. The molecule has 2 saturated heterocycles. The molecule has 0 aromatic heterocycles. The summed E-state index contributed by atoms with van der Waals surface area (Å²) in [4.78, 5) is 24.3. The average molecular weight is 211 g/mol. The molecular weight excluding hydrogens is 194 g/mol. The number of ether oxygens (including phenoxy) is 1. The number of hydrogen-bond acceptors (Lipinski definition) is 3. The van der Waals surface area contributed by atoms with Crippen LogP contribution >= 0.6 is 0 Å². The second-order valence-electron chi connectivity index (χ2n) is 4.27. The molecule has 0 bridgehead atoms. The highest BCUT2D eigenvalue weighted by Crippen LogP contribution is 2.17. The van der Waals surface area contributed by atoms with Gasteiger partial charge in [-0.05, 0) is 19.3 Å². The molecule has 0 spiro atoms. The Balaban J connectivity index is 1.74. The van der Waals surface area contributed by atoms with Crippen LogP contribution < -0.4 is 0 Å². The Bertz CT molecular complexity index is 259. The molecule has 1 atom stereocenters. The van der Waals surface area contributed by atoms with Crippen molar-refractivity contribution < 1.29 is 14.3 Å². The van der Waals surface area contributed by atoms with Crippen LogP contribution in [0.1, 0.15) is 32.1 Å². The fourth-order valence-electron chi connectivity index (χ4n) is 2.16. The van der Waals surface area contributed by atoms with Gasteiger partial charge in [0, 0.05) is 26.1 Å². The Kier molecular flexibility index (Phi) is 3.36. The van der Waals surface area contributed by atoms with E-state index in [1.54, 1.807) is 4.90 Å². The Labute approximate surface area is 89.6 Å². The number of carbonyl (C=O) groups is 2. The van der Waals surface area contributed by atoms with Gasteiger partial charge in [0.25, 0.3) is 0 Å². The van der Waals surface area contributed by atoms with Crippen molar-refractivity contribution in [2.75, 3.05) is 19.7 Å². The standard InChI is InChI=1S/C11H17NO3/c13-9-3-5-12(11(14)8-9)6-4-10-2-1-7-15-10/h10H,1-8H2. The quantitative estimate of drug-likeness (QED) is 0.647. The SMILES string of the molecule is O=C1CCN(CCC2CCCO2)C(=O)C1. The molecule has 0 aromatic carbocycles. The normalized spacial score (nSPS) is 27.5. The number of rotatable bonds is 3. The van der Waals surface area contributed by atoms with Gasteiger partial charge in [-0.15, -0.1) is 0 Å². The number of ketones is 1. The third-order valence-corrected chi connectivity index (χ3v) is 3.11. The first-order chi connectivity index (χ1) is 7.25. The van der Waals surface area contributed by atoms with E-state index in [1.165, 1.54) is 0 Å². The maximum Gasteiger partial charge on any atom is 0.230 e. The third-order valence-electron chi connectivity index (χ3n) is 3.11. The van der Waals surface area contributed by atoms with E-state index >= 15 is 0 Å². The van der Waals surface area contributed by atoms with Crippen LogP contribution in [0.5, 0.6) is 0 Å². The zero-order valence-corrected chi connectivity index (χ0v) is 8.91. The smallest absolute Gasteiger partial charge is 0.230 e. The Morgan fingerprint density at radius 2 is 2.27 bits per heavy atom. The molecule has 84 valence electrons. The van der Waals surface area contributed by atoms with Crippen molar-refractivity contribution in [1.82, 2.24) is 4.90 Å². The summed E-state index contributed by atoms with van der Waals surface area (Å²) in [6, 6.07) is 0. The number of nitrogens with zero attached hydrogens (tertiary/aromatic N) is 1. The molecule has 2 rings (SSSR count). The summed E-state index contributed by atoms with van der Waals surface area (Å²) in [7, 11) is 0. The van der Waals surface area contributed by atoms with Gasteiger partial charge in [0.2, 0.25) is 5.91 Å². The van der Waals surface area contributed by atoms with Gasteiger partial charge >= 0.3 is 0 Å². The van der Waals surface area contributed by atoms with Gasteiger partial charge in [0.1, 0.15) is 5.78 Å². The summed E-state index contributed by atoms with van der Waals surface area (Å²) < 4.78 is 5.50. The maximum atomic E-state index is 11.5. The van der Waals surface area contributed by atoms with Gasteiger partial charge in [-0.25, -0.2) is 0 Å². The third kappa shape index (κ3) is 2.78. The molecule has 15 heavy (non-hydrogen) atoms. The number of carbonyl (C=O) groups excluding carboxylic acids is 2. The van der Waals surface area contributed by atoms with E-state index in [0.717, 1.165) is 32.4 Å². The summed E-state index contributed by atoms with van der Waals surface area (Å²) in [5.41, 5.74) is 0. The zero-order valence-electron chi connectivity index (χ0n) is 8.91. The van der Waals surface area contributed by atoms with Gasteiger partial charge < -0.3 is 9.64 Å². The molecule has 4 nitrogen and oxygen atoms in total. The van der Waals surface area contributed by atoms with Crippen LogP contribution in [0.25, 0.3) is 0 Å². The molecule has 0 N–H and O–H groups in total. The van der Waals surface area contributed by atoms with Crippen LogP contribution in [-0.2, 0) is 14.3 Å². The summed E-state index contributed by atoms with van der Waals surface area (Å²) in [6.45, 7) is 2.21. The van der Waals surface area contributed by atoms with Crippen LogP contribution in [0, 0.1) is 0 Å². The van der Waals surface area contributed by atoms with Crippen molar-refractivity contribution in [3.05, 3.63) is 0 Å². The first-order valence-corrected chi connectivity index (χ1v) is 5.67. The highest BCUT2D eigenvalue weighted by molar-refractivity contribution is 6.00. The van der Waals surface area contributed by atoms with Gasteiger partial charge in [0.15, 0.2) is 0 Å². The Hall–Kier alpha value is -0.900. The van der Waals surface area contributed by atoms with E-state index in [2.05, 4.69) is 0 Å². The number of hydrogen-bond donors (Lipinski definition) is 0. The van der Waals surface area contributed by atoms with Crippen molar-refractivity contribution in [2.45, 2.75) is 38.2 Å². The van der Waals surface area contributed by atoms with Crippen molar-refractivity contribution >= 4 is 11.7 Å². The Morgan fingerprint density at radius 3 is 2.93 bits per heavy atom. The molecule has 0 aliphatic carbocycles. The first kappa shape index (κ1) is 10.6. The number of Topliss-reactive ketones (excluding diaryl/α,β-unsaturated/α-hetero) is 1. The van der Waals surface area contributed by atoms with Gasteiger partial charge in [-0.3, -0.25) is 9.59 Å². The molecule has 2 aliphatic heterocycles. The van der Waals surface area contributed by atoms with Crippen LogP contribution in [0.3, 0.4) is 0 Å². The van der Waals surface area contributed by atoms with Crippen molar-refractivity contribution in [2.24, 2.45) is 0 Å². The van der Waals surface area contributed by atoms with E-state index in [9.17, 15) is 9.59 Å². The molecule has 2 fully saturated rings. The molecule has 0 radical (unpaired) electrons. The minimum Gasteiger partial charge on any atom is -0.378 e. The fraction of sp³-hybridized carbons (Fsp3) is 0.818. The van der Waals surface area contributed by atoms with E-state index in [0.29, 0.717) is 19.1 Å². The molecule has 1 unspecified atom stereocenters. The fourth-order valence-corrected chi connectivity index (χ4v) is 2.16. The minimum atomic E-state index is -0.00996. The van der Waals surface area contributed by atoms with Crippen LogP contribution in [-0.4, -0.2) is 42.4 Å². The lowest BCUT2D eigenvalue weighted by Gasteiger charge is -2.26. The van der Waals surface area contributed by atoms with Crippen LogP contribution in [0.15, 0.2) is 0 Å². The van der Waals surface area contributed by atoms with E-state index in [1.807, 2.05) is 0 Å². The lowest BCUT2D eigenvalue weighted by atomic mass is 10.1. The molecular formula is C11H17NO3. The van der Waals surface area contributed by atoms with Gasteiger partial charge in [-0.2, -0.15) is 0 Å². The monoisotopic (exact) mass is 211 g/mol. The molecule has 2 aliphatic rings. The molecule has 4 heteroatoms. The van der Waals surface area contributed by atoms with Gasteiger partial charge in [0.05, 0.1) is 12.5 Å². The second-order valence-corrected chi connectivity index (χ2v) is 4.27. The van der Waals surface area contributed by atoms with Crippen LogP contribution in [0.2, 0.25) is 0 Å². The summed E-state index contributed by atoms with van der Waals surface area (Å²) in [5, 5.41) is 0. The second kappa shape index (κ2) is 4.75. The van der Waals surface area contributed by atoms with Crippen molar-refractivity contribution in [1.29, 1.82) is 0 Å². The Morgan fingerprint density at radius 1 is 1.40 bits per heavy atom. The van der Waals surface area contributed by atoms with Crippen molar-refractivity contribution in [3.63, 3.8) is 0 Å². The molecule has 0 saturated carbocycles. The predicted octanol–water partition coefficient (Wildman–Crippen LogP) is 0.747. The van der Waals surface area contributed by atoms with Crippen LogP contribution in [0.4, 0.5) is 0 Å². The molecule has 2 heterocycles. The minimum absolute atomic E-state index is 0.00996. The van der Waals surface area contributed by atoms with E-state index < -0.39 is 0 Å². The molecule has 0 aromatic rings. The largest absolute Gasteiger partial charge is 0.378 e. The lowest BCUT2D eigenvalue weighted by molar-refractivity contribution is -0.139. The predicted molar refractivity (Wildman–Crippen MR) is 54.4 cm³/mol. The summed E-state index contributed by atoms with van der Waals surface area (Å²) >= 11 is 0. The van der Waals surface area contributed by atoms with Gasteiger partial charge in [-0.1, -0.05) is 0 Å². The zero-order chi connectivity index (χ0) is 10.7. The summed E-state index contributed by atoms with van der Waals surface area (Å²) in [6.07, 6.45) is 4.12. The average Bonchev–Trinajstić information content (AvgIpc) is 2.69. The number of likely N-dealkylation sites (tertiary alicyclic amines) is 1. The van der Waals surface area contributed by atoms with E-state index in [-0.39, 0.29) is 18.1 Å². The highest BCUT2D eigenvalue weighted by atomic mass is 16.5. The first-order valence-electron chi connectivity index (χ1n) is 5.67. The summed E-state index contributed by atoms with van der Waals surface area (Å²) in [5.74, 6) is 0.0672. The maximum absolute atomic E-state index is 11.5. The lowest BCUT2D eigenvalue weighted by Crippen LogP contribution is -2.40. The van der Waals surface area contributed by atoms with Crippen molar-refractivity contribution in [3.8, 4) is 0 Å². The highest BCUT2D eigenvalue weighted by Gasteiger charge is 2.24. The van der Waals surface area contributed by atoms with E-state index in [4.69, 9.17) is 4.74 Å². The molecule has 1 amide bonds.